The Bertz CT molecular complexity index is 996. The molecule has 3 aromatic rings. The number of fused-ring (bicyclic) bond motifs is 1. The molecule has 3 nitrogen and oxygen atoms in total. The van der Waals surface area contributed by atoms with E-state index in [4.69, 9.17) is 23.2 Å². The van der Waals surface area contributed by atoms with Crippen LogP contribution in [0.4, 0.5) is 0 Å². The van der Waals surface area contributed by atoms with Crippen molar-refractivity contribution >= 4 is 62.3 Å². The summed E-state index contributed by atoms with van der Waals surface area (Å²) in [6, 6.07) is 10.7. The number of nitrogens with zero attached hydrogens (tertiary/aromatic N) is 2. The molecule has 2 aromatic carbocycles. The van der Waals surface area contributed by atoms with E-state index in [0.717, 1.165) is 10.0 Å². The van der Waals surface area contributed by atoms with Crippen molar-refractivity contribution in [1.29, 1.82) is 0 Å². The maximum absolute atomic E-state index is 12.7. The van der Waals surface area contributed by atoms with E-state index >= 15 is 0 Å². The Morgan fingerprint density at radius 2 is 1.96 bits per heavy atom. The van der Waals surface area contributed by atoms with Gasteiger partial charge in [-0.15, -0.1) is 0 Å². The lowest BCUT2D eigenvalue weighted by molar-refractivity contribution is 0.943. The molecular weight excluding hydrogens is 399 g/mol. The lowest BCUT2D eigenvalue weighted by atomic mass is 10.2. The van der Waals surface area contributed by atoms with Crippen LogP contribution in [0.15, 0.2) is 45.7 Å². The molecule has 0 aliphatic carbocycles. The maximum Gasteiger partial charge on any atom is 0.265 e. The van der Waals surface area contributed by atoms with E-state index in [1.165, 1.54) is 4.57 Å². The molecule has 23 heavy (non-hydrogen) atoms. The molecule has 6 heteroatoms. The zero-order chi connectivity index (χ0) is 16.6. The van der Waals surface area contributed by atoms with Crippen molar-refractivity contribution in [3.8, 4) is 0 Å². The molecular formula is C17H11BrCl2N2O. The highest BCUT2D eigenvalue weighted by Crippen LogP contribution is 2.22. The van der Waals surface area contributed by atoms with Crippen LogP contribution >= 0.6 is 39.1 Å². The Kier molecular flexibility index (Phi) is 4.57. The Morgan fingerprint density at radius 3 is 2.70 bits per heavy atom. The molecule has 0 radical (unpaired) electrons. The van der Waals surface area contributed by atoms with Crippen molar-refractivity contribution in [2.24, 2.45) is 0 Å². The second-order valence-electron chi connectivity index (χ2n) is 4.98. The van der Waals surface area contributed by atoms with Gasteiger partial charge in [-0.2, -0.15) is 0 Å². The van der Waals surface area contributed by atoms with Gasteiger partial charge in [0.05, 0.1) is 10.9 Å². The first-order valence-electron chi connectivity index (χ1n) is 6.77. The van der Waals surface area contributed by atoms with E-state index in [9.17, 15) is 4.79 Å². The highest BCUT2D eigenvalue weighted by atomic mass is 79.9. The van der Waals surface area contributed by atoms with Gasteiger partial charge in [0.1, 0.15) is 5.82 Å². The van der Waals surface area contributed by atoms with Crippen LogP contribution in [0, 0.1) is 6.92 Å². The molecule has 1 heterocycles. The summed E-state index contributed by atoms with van der Waals surface area (Å²) in [4.78, 5) is 17.1. The summed E-state index contributed by atoms with van der Waals surface area (Å²) >= 11 is 15.4. The van der Waals surface area contributed by atoms with Gasteiger partial charge in [0.2, 0.25) is 0 Å². The van der Waals surface area contributed by atoms with Crippen molar-refractivity contribution in [2.45, 2.75) is 6.92 Å². The summed E-state index contributed by atoms with van der Waals surface area (Å²) < 4.78 is 2.34. The molecule has 0 aliphatic heterocycles. The lowest BCUT2D eigenvalue weighted by Gasteiger charge is -2.07. The van der Waals surface area contributed by atoms with Gasteiger partial charge in [-0.25, -0.2) is 4.98 Å². The molecule has 0 spiro atoms. The van der Waals surface area contributed by atoms with Gasteiger partial charge in [-0.3, -0.25) is 9.36 Å². The van der Waals surface area contributed by atoms with E-state index in [1.54, 1.807) is 43.5 Å². The SMILES string of the molecule is Cc1nc2ccc(Br)cc2c(=O)n1/C=C/c1ccc(Cl)cc1Cl. The van der Waals surface area contributed by atoms with E-state index in [0.29, 0.717) is 26.8 Å². The van der Waals surface area contributed by atoms with Gasteiger partial charge in [-0.05, 0) is 48.9 Å². The summed E-state index contributed by atoms with van der Waals surface area (Å²) in [6.45, 7) is 1.79. The summed E-state index contributed by atoms with van der Waals surface area (Å²) in [5.74, 6) is 0.603. The molecule has 1 aromatic heterocycles. The van der Waals surface area contributed by atoms with Crippen molar-refractivity contribution in [3.63, 3.8) is 0 Å². The number of aromatic nitrogens is 2. The summed E-state index contributed by atoms with van der Waals surface area (Å²) in [7, 11) is 0. The number of hydrogen-bond acceptors (Lipinski definition) is 2. The fourth-order valence-electron chi connectivity index (χ4n) is 2.25. The minimum absolute atomic E-state index is 0.130. The second kappa shape index (κ2) is 6.48. The molecule has 0 bridgehead atoms. The number of halogens is 3. The highest BCUT2D eigenvalue weighted by molar-refractivity contribution is 9.10. The van der Waals surface area contributed by atoms with Crippen LogP contribution in [0.3, 0.4) is 0 Å². The first kappa shape index (κ1) is 16.2. The van der Waals surface area contributed by atoms with E-state index in [1.807, 2.05) is 12.1 Å². The molecule has 0 amide bonds. The zero-order valence-electron chi connectivity index (χ0n) is 12.1. The van der Waals surface area contributed by atoms with Crippen molar-refractivity contribution in [3.05, 3.63) is 72.7 Å². The van der Waals surface area contributed by atoms with Crippen molar-refractivity contribution in [1.82, 2.24) is 9.55 Å². The quantitative estimate of drug-likeness (QED) is 0.567. The Labute approximate surface area is 151 Å². The molecule has 0 aliphatic rings. The second-order valence-corrected chi connectivity index (χ2v) is 6.74. The molecule has 3 rings (SSSR count). The molecule has 0 atom stereocenters. The Hall–Kier alpha value is -1.62. The van der Waals surface area contributed by atoms with Gasteiger partial charge in [-0.1, -0.05) is 45.2 Å². The minimum atomic E-state index is -0.130. The normalized spacial score (nSPS) is 11.5. The smallest absolute Gasteiger partial charge is 0.265 e. The van der Waals surface area contributed by atoms with Crippen LogP contribution in [0.25, 0.3) is 23.2 Å². The van der Waals surface area contributed by atoms with Gasteiger partial charge in [0, 0.05) is 20.7 Å². The Morgan fingerprint density at radius 1 is 1.17 bits per heavy atom. The summed E-state index contributed by atoms with van der Waals surface area (Å²) in [5.41, 5.74) is 1.32. The van der Waals surface area contributed by atoms with Crippen molar-refractivity contribution < 1.29 is 0 Å². The van der Waals surface area contributed by atoms with Crippen LogP contribution in [0.1, 0.15) is 11.4 Å². The van der Waals surface area contributed by atoms with Crippen LogP contribution in [0.2, 0.25) is 10.0 Å². The largest absolute Gasteiger partial charge is 0.271 e. The van der Waals surface area contributed by atoms with Gasteiger partial charge in [0.15, 0.2) is 0 Å². The first-order valence-corrected chi connectivity index (χ1v) is 8.32. The predicted octanol–water partition coefficient (Wildman–Crippen LogP) is 5.40. The predicted molar refractivity (Wildman–Crippen MR) is 100 cm³/mol. The Balaban J connectivity index is 2.12. The van der Waals surface area contributed by atoms with E-state index in [2.05, 4.69) is 20.9 Å². The third-order valence-corrected chi connectivity index (χ3v) is 4.46. The molecule has 0 saturated carbocycles. The first-order chi connectivity index (χ1) is 11.0. The number of rotatable bonds is 2. The van der Waals surface area contributed by atoms with Crippen LogP contribution < -0.4 is 5.56 Å². The lowest BCUT2D eigenvalue weighted by Crippen LogP contribution is -2.19. The molecule has 0 saturated heterocycles. The van der Waals surface area contributed by atoms with E-state index in [-0.39, 0.29) is 5.56 Å². The topological polar surface area (TPSA) is 34.9 Å². The van der Waals surface area contributed by atoms with Gasteiger partial charge in [0.25, 0.3) is 5.56 Å². The minimum Gasteiger partial charge on any atom is -0.271 e. The molecule has 0 N–H and O–H groups in total. The van der Waals surface area contributed by atoms with Crippen LogP contribution in [-0.4, -0.2) is 9.55 Å². The van der Waals surface area contributed by atoms with E-state index < -0.39 is 0 Å². The fraction of sp³-hybridized carbons (Fsp3) is 0.0588. The van der Waals surface area contributed by atoms with Gasteiger partial charge < -0.3 is 0 Å². The number of hydrogen-bond donors (Lipinski definition) is 0. The number of benzene rings is 2. The number of aryl methyl sites for hydroxylation is 1. The average Bonchev–Trinajstić information content (AvgIpc) is 2.50. The summed E-state index contributed by atoms with van der Waals surface area (Å²) in [5, 5.41) is 1.64. The van der Waals surface area contributed by atoms with Gasteiger partial charge >= 0.3 is 0 Å². The maximum atomic E-state index is 12.7. The van der Waals surface area contributed by atoms with Crippen LogP contribution in [-0.2, 0) is 0 Å². The highest BCUT2D eigenvalue weighted by Gasteiger charge is 2.07. The molecule has 0 fully saturated rings. The monoisotopic (exact) mass is 408 g/mol. The third kappa shape index (κ3) is 3.34. The van der Waals surface area contributed by atoms with Crippen LogP contribution in [0.5, 0.6) is 0 Å². The fourth-order valence-corrected chi connectivity index (χ4v) is 3.08. The summed E-state index contributed by atoms with van der Waals surface area (Å²) in [6.07, 6.45) is 3.43. The zero-order valence-corrected chi connectivity index (χ0v) is 15.2. The molecule has 0 unspecified atom stereocenters. The molecule has 116 valence electrons. The third-order valence-electron chi connectivity index (χ3n) is 3.40. The standard InChI is InChI=1S/C17H11BrCl2N2O/c1-10-21-16-5-3-12(18)8-14(16)17(23)22(10)7-6-11-2-4-13(19)9-15(11)20/h2-9H,1H3/b7-6+. The average molecular weight is 410 g/mol. The van der Waals surface area contributed by atoms with Crippen molar-refractivity contribution in [2.75, 3.05) is 0 Å².